The second kappa shape index (κ2) is 4.72. The van der Waals surface area contributed by atoms with Gasteiger partial charge in [0.05, 0.1) is 0 Å². The van der Waals surface area contributed by atoms with Gasteiger partial charge < -0.3 is 0 Å². The van der Waals surface area contributed by atoms with E-state index in [0.29, 0.717) is 0 Å². The Morgan fingerprint density at radius 1 is 0.667 bits per heavy atom. The first kappa shape index (κ1) is 16.6. The van der Waals surface area contributed by atoms with Crippen LogP contribution in [0.4, 0.5) is 48.3 Å². The van der Waals surface area contributed by atoms with Crippen molar-refractivity contribution in [3.05, 3.63) is 11.8 Å². The third kappa shape index (κ3) is 2.90. The first-order valence-corrected chi connectivity index (χ1v) is 3.53. The number of hydrogen-bond donors (Lipinski definition) is 0. The van der Waals surface area contributed by atoms with Gasteiger partial charge >= 0.3 is 24.2 Å². The topological polar surface area (TPSA) is 12.4 Å². The van der Waals surface area contributed by atoms with Crippen LogP contribution in [0.2, 0.25) is 0 Å². The van der Waals surface area contributed by atoms with Gasteiger partial charge in [0.2, 0.25) is 0 Å². The molecule has 12 heteroatoms. The molecule has 0 rings (SSSR count). The van der Waals surface area contributed by atoms with Crippen LogP contribution >= 0.6 is 0 Å². The molecule has 0 aliphatic rings. The van der Waals surface area contributed by atoms with Gasteiger partial charge in [-0.05, 0) is 0 Å². The fourth-order valence-electron chi connectivity index (χ4n) is 0.763. The van der Waals surface area contributed by atoms with Crippen LogP contribution in [-0.2, 0) is 0 Å². The Hall–Kier alpha value is -1.36. The van der Waals surface area contributed by atoms with Crippen molar-refractivity contribution in [2.75, 3.05) is 0 Å². The molecule has 0 heterocycles. The monoisotopic (exact) mass is 295 g/mol. The van der Waals surface area contributed by atoms with Crippen molar-refractivity contribution in [3.63, 3.8) is 0 Å². The molecule has 0 fully saturated rings. The molecule has 0 N–H and O–H groups in total. The van der Waals surface area contributed by atoms with E-state index in [4.69, 9.17) is 0 Å². The molecule has 0 aliphatic carbocycles. The number of rotatable bonds is 2. The highest BCUT2D eigenvalue weighted by atomic mass is 19.4. The number of hydrogen-bond acceptors (Lipinski definition) is 1. The minimum atomic E-state index is -6.94. The zero-order chi connectivity index (χ0) is 14.9. The molecular formula is C6F11N. The summed E-state index contributed by atoms with van der Waals surface area (Å²) < 4.78 is 131. The zero-order valence-corrected chi connectivity index (χ0v) is 7.60. The molecule has 0 saturated carbocycles. The fourth-order valence-corrected chi connectivity index (χ4v) is 0.763. The van der Waals surface area contributed by atoms with Crippen LogP contribution in [-0.4, -0.2) is 24.2 Å². The Bertz CT molecular complexity index is 350. The van der Waals surface area contributed by atoms with E-state index < -0.39 is 36.0 Å². The fraction of sp³-hybridized carbons (Fsp3) is 0.500. The molecule has 0 atom stereocenters. The lowest BCUT2D eigenvalue weighted by atomic mass is 10.0. The number of halogens is 11. The highest BCUT2D eigenvalue weighted by Gasteiger charge is 2.76. The lowest BCUT2D eigenvalue weighted by Gasteiger charge is -2.29. The van der Waals surface area contributed by atoms with Gasteiger partial charge in [0.25, 0.3) is 6.08 Å². The van der Waals surface area contributed by atoms with Gasteiger partial charge in [-0.15, -0.1) is 0 Å². The van der Waals surface area contributed by atoms with Crippen molar-refractivity contribution >= 4 is 6.22 Å². The van der Waals surface area contributed by atoms with Crippen LogP contribution in [0.1, 0.15) is 0 Å². The van der Waals surface area contributed by atoms with Crippen molar-refractivity contribution in [1.82, 2.24) is 0 Å². The molecule has 0 aromatic heterocycles. The Morgan fingerprint density at radius 3 is 1.17 bits per heavy atom. The van der Waals surface area contributed by atoms with Crippen LogP contribution in [0.5, 0.6) is 0 Å². The molecule has 0 bridgehead atoms. The maximum atomic E-state index is 12.9. The van der Waals surface area contributed by atoms with Gasteiger partial charge in [-0.1, -0.05) is 0 Å². The van der Waals surface area contributed by atoms with Crippen LogP contribution in [0.3, 0.4) is 0 Å². The second-order valence-corrected chi connectivity index (χ2v) is 2.62. The average Bonchev–Trinajstić information content (AvgIpc) is 2.08. The molecular weight excluding hydrogens is 295 g/mol. The SMILES string of the molecule is FC(F)=NC(=C(F)F)C(F)(C(F)(F)F)C(F)(F)F. The minimum Gasteiger partial charge on any atom is -0.216 e. The first-order valence-electron chi connectivity index (χ1n) is 3.53. The molecule has 0 aromatic rings. The molecule has 0 unspecified atom stereocenters. The van der Waals surface area contributed by atoms with E-state index in [1.807, 2.05) is 0 Å². The van der Waals surface area contributed by atoms with Crippen molar-refractivity contribution in [1.29, 1.82) is 0 Å². The third-order valence-corrected chi connectivity index (χ3v) is 1.48. The van der Waals surface area contributed by atoms with Gasteiger partial charge in [0.1, 0.15) is 0 Å². The van der Waals surface area contributed by atoms with Gasteiger partial charge in [0.15, 0.2) is 5.70 Å². The van der Waals surface area contributed by atoms with E-state index in [0.717, 1.165) is 4.99 Å². The zero-order valence-electron chi connectivity index (χ0n) is 7.60. The summed E-state index contributed by atoms with van der Waals surface area (Å²) in [6.45, 7) is 0. The second-order valence-electron chi connectivity index (χ2n) is 2.62. The normalized spacial score (nSPS) is 13.3. The van der Waals surface area contributed by atoms with E-state index in [-0.39, 0.29) is 0 Å². The van der Waals surface area contributed by atoms with Crippen molar-refractivity contribution in [2.24, 2.45) is 4.99 Å². The number of aliphatic imine (C=N–C) groups is 1. The molecule has 106 valence electrons. The molecule has 0 radical (unpaired) electrons. The smallest absolute Gasteiger partial charge is 0.216 e. The summed E-state index contributed by atoms with van der Waals surface area (Å²) in [4.78, 5) is 0.979. The van der Waals surface area contributed by atoms with E-state index in [2.05, 4.69) is 0 Å². The lowest BCUT2D eigenvalue weighted by molar-refractivity contribution is -0.327. The molecule has 0 aliphatic heterocycles. The predicted molar refractivity (Wildman–Crippen MR) is 34.8 cm³/mol. The van der Waals surface area contributed by atoms with Crippen LogP contribution in [0.15, 0.2) is 16.8 Å². The molecule has 18 heavy (non-hydrogen) atoms. The Labute approximate surface area is 90.6 Å². The van der Waals surface area contributed by atoms with E-state index >= 15 is 0 Å². The van der Waals surface area contributed by atoms with Crippen LogP contribution in [0, 0.1) is 0 Å². The molecule has 0 amide bonds. The Balaban J connectivity index is 6.23. The maximum Gasteiger partial charge on any atom is 0.437 e. The summed E-state index contributed by atoms with van der Waals surface area (Å²) in [6, 6.07) is 0. The van der Waals surface area contributed by atoms with Gasteiger partial charge in [-0.25, -0.2) is 4.39 Å². The van der Waals surface area contributed by atoms with Crippen molar-refractivity contribution < 1.29 is 48.3 Å². The summed E-state index contributed by atoms with van der Waals surface area (Å²) in [7, 11) is 0. The largest absolute Gasteiger partial charge is 0.437 e. The number of nitrogens with zero attached hydrogens (tertiary/aromatic N) is 1. The van der Waals surface area contributed by atoms with E-state index in [9.17, 15) is 48.3 Å². The number of allylic oxidation sites excluding steroid dienone is 1. The third-order valence-electron chi connectivity index (χ3n) is 1.48. The average molecular weight is 295 g/mol. The highest BCUT2D eigenvalue weighted by molar-refractivity contribution is 5.65. The van der Waals surface area contributed by atoms with Gasteiger partial charge in [-0.2, -0.15) is 48.9 Å². The summed E-state index contributed by atoms with van der Waals surface area (Å²) in [6.07, 6.45) is -21.4. The lowest BCUT2D eigenvalue weighted by Crippen LogP contribution is -2.54. The summed E-state index contributed by atoms with van der Waals surface area (Å²) in [5, 5.41) is 0. The standard InChI is InChI=1S/C6F11N/c7-2(8)1(18-3(9)10)4(11,5(12,13)14)6(15,16)17. The minimum absolute atomic E-state index is 0.979. The highest BCUT2D eigenvalue weighted by Crippen LogP contribution is 2.52. The molecule has 0 spiro atoms. The first-order chi connectivity index (χ1) is 7.75. The quantitative estimate of drug-likeness (QED) is 0.534. The maximum absolute atomic E-state index is 12.9. The summed E-state index contributed by atoms with van der Waals surface area (Å²) in [5.41, 5.74) is -10.4. The summed E-state index contributed by atoms with van der Waals surface area (Å²) in [5.74, 6) is 0. The van der Waals surface area contributed by atoms with Crippen LogP contribution < -0.4 is 0 Å². The van der Waals surface area contributed by atoms with E-state index in [1.165, 1.54) is 0 Å². The number of alkyl halides is 7. The predicted octanol–water partition coefficient (Wildman–Crippen LogP) is 4.22. The molecule has 0 saturated heterocycles. The molecule has 1 nitrogen and oxygen atoms in total. The van der Waals surface area contributed by atoms with Crippen molar-refractivity contribution in [2.45, 2.75) is 18.0 Å². The van der Waals surface area contributed by atoms with Gasteiger partial charge in [0, 0.05) is 0 Å². The van der Waals surface area contributed by atoms with Crippen LogP contribution in [0.25, 0.3) is 0 Å². The van der Waals surface area contributed by atoms with Crippen molar-refractivity contribution in [3.8, 4) is 0 Å². The Kier molecular flexibility index (Phi) is 4.37. The van der Waals surface area contributed by atoms with E-state index in [1.54, 1.807) is 0 Å². The summed E-state index contributed by atoms with van der Waals surface area (Å²) >= 11 is 0. The Morgan fingerprint density at radius 2 is 1.00 bits per heavy atom. The molecule has 0 aromatic carbocycles. The van der Waals surface area contributed by atoms with Gasteiger partial charge in [-0.3, -0.25) is 0 Å².